The number of anilines is 2. The summed E-state index contributed by atoms with van der Waals surface area (Å²) < 4.78 is 52.0. The molecule has 5 aliphatic heterocycles. The van der Waals surface area contributed by atoms with Crippen LogP contribution in [0.4, 0.5) is 20.3 Å². The number of sulfone groups is 1. The number of amides is 1. The van der Waals surface area contributed by atoms with Gasteiger partial charge in [0.25, 0.3) is 6.43 Å². The predicted octanol–water partition coefficient (Wildman–Crippen LogP) is 2.26. The van der Waals surface area contributed by atoms with Gasteiger partial charge in [0.05, 0.1) is 11.5 Å². The minimum absolute atomic E-state index is 0.0274. The van der Waals surface area contributed by atoms with Crippen LogP contribution in [0.2, 0.25) is 0 Å². The van der Waals surface area contributed by atoms with E-state index in [-0.39, 0.29) is 34.6 Å². The van der Waals surface area contributed by atoms with Gasteiger partial charge in [-0.2, -0.15) is 0 Å². The van der Waals surface area contributed by atoms with Crippen LogP contribution in [-0.4, -0.2) is 98.5 Å². The SMILES string of the molecule is C=CC(=O)N1CCN(C2CN3c4cc(N5CCC6(CC5)CS(=O)(=O)C6)nc(C(F)F)c4CCCC23)CC1. The van der Waals surface area contributed by atoms with Crippen LogP contribution in [0.5, 0.6) is 0 Å². The molecular formula is C26H35F2N5O3S. The molecular weight excluding hydrogens is 500 g/mol. The van der Waals surface area contributed by atoms with Gasteiger partial charge in [0.1, 0.15) is 11.5 Å². The summed E-state index contributed by atoms with van der Waals surface area (Å²) in [7, 11) is -2.90. The summed E-state index contributed by atoms with van der Waals surface area (Å²) in [6, 6.07) is 2.63. The molecule has 4 fully saturated rings. The Morgan fingerprint density at radius 1 is 1.11 bits per heavy atom. The Morgan fingerprint density at radius 3 is 2.43 bits per heavy atom. The zero-order valence-electron chi connectivity index (χ0n) is 21.1. The lowest BCUT2D eigenvalue weighted by Crippen LogP contribution is -2.69. The fraction of sp³-hybridized carbons (Fsp3) is 0.692. The fourth-order valence-electron chi connectivity index (χ4n) is 7.21. The molecule has 2 atom stereocenters. The molecule has 4 saturated heterocycles. The van der Waals surface area contributed by atoms with Crippen LogP contribution >= 0.6 is 0 Å². The van der Waals surface area contributed by atoms with E-state index in [1.165, 1.54) is 6.08 Å². The summed E-state index contributed by atoms with van der Waals surface area (Å²) >= 11 is 0. The Bertz CT molecular complexity index is 1180. The number of hydrogen-bond donors (Lipinski definition) is 0. The largest absolute Gasteiger partial charge is 0.365 e. The van der Waals surface area contributed by atoms with Gasteiger partial charge in [0.15, 0.2) is 9.84 Å². The van der Waals surface area contributed by atoms with Crippen molar-refractivity contribution in [2.45, 2.75) is 50.6 Å². The molecule has 0 bridgehead atoms. The fourth-order valence-corrected chi connectivity index (χ4v) is 9.57. The van der Waals surface area contributed by atoms with Gasteiger partial charge in [-0.15, -0.1) is 0 Å². The first-order chi connectivity index (χ1) is 17.7. The second kappa shape index (κ2) is 9.18. The summed E-state index contributed by atoms with van der Waals surface area (Å²) in [5.74, 6) is 1.06. The summed E-state index contributed by atoms with van der Waals surface area (Å²) in [4.78, 5) is 25.1. The minimum Gasteiger partial charge on any atom is -0.365 e. The van der Waals surface area contributed by atoms with Gasteiger partial charge in [-0.3, -0.25) is 9.69 Å². The molecule has 6 heterocycles. The number of aromatic nitrogens is 1. The standard InChI is InChI=1S/C26H35F2N5O3S/c1-2-23(34)32-12-10-30(11-13-32)21-15-33-19(21)5-3-4-18-20(33)14-22(29-24(18)25(27)28)31-8-6-26(7-9-31)16-37(35,36)17-26/h2,14,19,21,25H,1,3-13,15-17H2. The number of nitrogens with zero attached hydrogens (tertiary/aromatic N) is 5. The highest BCUT2D eigenvalue weighted by Gasteiger charge is 2.50. The number of fused-ring (bicyclic) bond motifs is 3. The third kappa shape index (κ3) is 4.41. The van der Waals surface area contributed by atoms with Gasteiger partial charge in [-0.05, 0) is 38.2 Å². The quantitative estimate of drug-likeness (QED) is 0.548. The van der Waals surface area contributed by atoms with Crippen LogP contribution in [0.3, 0.4) is 0 Å². The number of carbonyl (C=O) groups excluding carboxylic acids is 1. The maximum Gasteiger partial charge on any atom is 0.280 e. The first kappa shape index (κ1) is 25.0. The molecule has 5 aliphatic rings. The average molecular weight is 536 g/mol. The van der Waals surface area contributed by atoms with E-state index in [1.54, 1.807) is 0 Å². The highest BCUT2D eigenvalue weighted by Crippen LogP contribution is 2.45. The Hall–Kier alpha value is -2.27. The summed E-state index contributed by atoms with van der Waals surface area (Å²) in [5.41, 5.74) is 1.34. The van der Waals surface area contributed by atoms with Crippen LogP contribution < -0.4 is 9.80 Å². The number of piperazine rings is 1. The van der Waals surface area contributed by atoms with Crippen LogP contribution in [0, 0.1) is 5.41 Å². The normalized spacial score (nSPS) is 28.7. The molecule has 11 heteroatoms. The first-order valence-electron chi connectivity index (χ1n) is 13.4. The van der Waals surface area contributed by atoms with Gasteiger partial charge in [-0.1, -0.05) is 6.58 Å². The number of rotatable bonds is 4. The third-order valence-corrected chi connectivity index (χ3v) is 11.4. The monoisotopic (exact) mass is 535 g/mol. The Labute approximate surface area is 217 Å². The van der Waals surface area contributed by atoms with Gasteiger partial charge < -0.3 is 14.7 Å². The van der Waals surface area contributed by atoms with E-state index in [4.69, 9.17) is 0 Å². The van der Waals surface area contributed by atoms with Crippen LogP contribution in [0.1, 0.15) is 43.4 Å². The van der Waals surface area contributed by atoms with Crippen molar-refractivity contribution < 1.29 is 22.0 Å². The zero-order valence-corrected chi connectivity index (χ0v) is 21.9. The summed E-state index contributed by atoms with van der Waals surface area (Å²) in [5, 5.41) is 0. The van der Waals surface area contributed by atoms with Gasteiger partial charge >= 0.3 is 0 Å². The molecule has 1 spiro atoms. The lowest BCUT2D eigenvalue weighted by Gasteiger charge is -2.55. The third-order valence-electron chi connectivity index (χ3n) is 9.26. The minimum atomic E-state index is -2.90. The zero-order chi connectivity index (χ0) is 25.9. The molecule has 0 aromatic carbocycles. The maximum atomic E-state index is 14.2. The number of halogens is 2. The highest BCUT2D eigenvalue weighted by molar-refractivity contribution is 7.92. The van der Waals surface area contributed by atoms with Crippen LogP contribution in [0.25, 0.3) is 0 Å². The molecule has 1 amide bonds. The number of hydrogen-bond acceptors (Lipinski definition) is 7. The Balaban J connectivity index is 1.20. The van der Waals surface area contributed by atoms with Crippen molar-refractivity contribution in [3.8, 4) is 0 Å². The Morgan fingerprint density at radius 2 is 1.81 bits per heavy atom. The molecule has 2 unspecified atom stereocenters. The molecule has 6 rings (SSSR count). The van der Waals surface area contributed by atoms with Crippen molar-refractivity contribution in [3.05, 3.63) is 30.0 Å². The van der Waals surface area contributed by atoms with Crippen molar-refractivity contribution in [2.24, 2.45) is 5.41 Å². The Kier molecular flexibility index (Phi) is 6.21. The smallest absolute Gasteiger partial charge is 0.280 e. The number of piperidine rings is 1. The molecule has 37 heavy (non-hydrogen) atoms. The van der Waals surface area contributed by atoms with E-state index >= 15 is 0 Å². The molecule has 0 N–H and O–H groups in total. The van der Waals surface area contributed by atoms with Crippen molar-refractivity contribution in [3.63, 3.8) is 0 Å². The van der Waals surface area contributed by atoms with E-state index in [2.05, 4.69) is 26.3 Å². The summed E-state index contributed by atoms with van der Waals surface area (Å²) in [6.45, 7) is 8.67. The van der Waals surface area contributed by atoms with E-state index in [1.807, 2.05) is 11.0 Å². The van der Waals surface area contributed by atoms with Gasteiger partial charge in [-0.25, -0.2) is 22.2 Å². The topological polar surface area (TPSA) is 77.1 Å². The highest BCUT2D eigenvalue weighted by atomic mass is 32.2. The molecule has 0 radical (unpaired) electrons. The van der Waals surface area contributed by atoms with E-state index in [0.717, 1.165) is 51.0 Å². The molecule has 0 aliphatic carbocycles. The molecule has 1 aromatic heterocycles. The first-order valence-corrected chi connectivity index (χ1v) is 15.2. The van der Waals surface area contributed by atoms with Crippen LogP contribution in [0.15, 0.2) is 18.7 Å². The lowest BCUT2D eigenvalue weighted by atomic mass is 9.81. The second-order valence-electron chi connectivity index (χ2n) is 11.4. The average Bonchev–Trinajstić information content (AvgIpc) is 2.98. The number of alkyl halides is 2. The summed E-state index contributed by atoms with van der Waals surface area (Å²) in [6.07, 6.45) is 2.64. The van der Waals surface area contributed by atoms with Crippen molar-refractivity contribution in [2.75, 3.05) is 67.1 Å². The van der Waals surface area contributed by atoms with Crippen molar-refractivity contribution in [1.29, 1.82) is 0 Å². The number of pyridine rings is 1. The van der Waals surface area contributed by atoms with Gasteiger partial charge in [0.2, 0.25) is 5.91 Å². The lowest BCUT2D eigenvalue weighted by molar-refractivity contribution is -0.128. The van der Waals surface area contributed by atoms with E-state index in [9.17, 15) is 22.0 Å². The van der Waals surface area contributed by atoms with Crippen molar-refractivity contribution in [1.82, 2.24) is 14.8 Å². The number of carbonyl (C=O) groups is 1. The predicted molar refractivity (Wildman–Crippen MR) is 138 cm³/mol. The molecule has 8 nitrogen and oxygen atoms in total. The molecule has 1 aromatic rings. The second-order valence-corrected chi connectivity index (χ2v) is 13.5. The van der Waals surface area contributed by atoms with Crippen molar-refractivity contribution >= 4 is 27.2 Å². The maximum absolute atomic E-state index is 14.2. The van der Waals surface area contributed by atoms with Gasteiger partial charge in [0, 0.05) is 80.6 Å². The van der Waals surface area contributed by atoms with Crippen LogP contribution in [-0.2, 0) is 21.1 Å². The van der Waals surface area contributed by atoms with E-state index < -0.39 is 16.3 Å². The molecule has 202 valence electrons. The van der Waals surface area contributed by atoms with E-state index in [0.29, 0.717) is 50.0 Å². The molecule has 0 saturated carbocycles.